The summed E-state index contributed by atoms with van der Waals surface area (Å²) in [5.41, 5.74) is 2.53. The molecule has 2 bridgehead atoms. The Balaban J connectivity index is 1.37. The number of nitrogens with zero attached hydrogens (tertiary/aromatic N) is 3. The molecule has 0 saturated heterocycles. The van der Waals surface area contributed by atoms with E-state index in [1.165, 1.54) is 37.2 Å². The fourth-order valence-corrected chi connectivity index (χ4v) is 5.80. The van der Waals surface area contributed by atoms with E-state index in [4.69, 9.17) is 0 Å². The molecule has 0 aliphatic heterocycles. The van der Waals surface area contributed by atoms with E-state index in [0.29, 0.717) is 18.0 Å². The number of aromatic nitrogens is 2. The molecular formula is C25H34N4. The van der Waals surface area contributed by atoms with Crippen molar-refractivity contribution in [2.75, 3.05) is 6.54 Å². The molecule has 4 heteroatoms. The zero-order chi connectivity index (χ0) is 20.4. The van der Waals surface area contributed by atoms with Crippen LogP contribution in [0.5, 0.6) is 0 Å². The number of hydrogen-bond donors (Lipinski definition) is 1. The van der Waals surface area contributed by atoms with Gasteiger partial charge in [-0.25, -0.2) is 4.98 Å². The first-order valence-electron chi connectivity index (χ1n) is 11.3. The molecule has 1 aromatic carbocycles. The third-order valence-electron chi connectivity index (χ3n) is 7.21. The van der Waals surface area contributed by atoms with Crippen LogP contribution in [0.2, 0.25) is 0 Å². The average molecular weight is 391 g/mol. The van der Waals surface area contributed by atoms with Gasteiger partial charge in [-0.1, -0.05) is 44.2 Å². The Morgan fingerprint density at radius 1 is 1.17 bits per heavy atom. The Kier molecular flexibility index (Phi) is 6.06. The molecule has 2 saturated carbocycles. The van der Waals surface area contributed by atoms with Gasteiger partial charge >= 0.3 is 0 Å². The minimum atomic E-state index is -0.0140. The van der Waals surface area contributed by atoms with E-state index >= 15 is 0 Å². The van der Waals surface area contributed by atoms with Crippen LogP contribution < -0.4 is 5.32 Å². The van der Waals surface area contributed by atoms with E-state index in [0.717, 1.165) is 30.4 Å². The number of imidazole rings is 1. The summed E-state index contributed by atoms with van der Waals surface area (Å²) >= 11 is 0. The van der Waals surface area contributed by atoms with Crippen LogP contribution in [-0.4, -0.2) is 22.1 Å². The van der Waals surface area contributed by atoms with Gasteiger partial charge in [-0.05, 0) is 68.9 Å². The highest BCUT2D eigenvalue weighted by atomic mass is 15.1. The van der Waals surface area contributed by atoms with Crippen molar-refractivity contribution in [1.82, 2.24) is 14.9 Å². The molecule has 2 fully saturated rings. The Morgan fingerprint density at radius 3 is 2.48 bits per heavy atom. The van der Waals surface area contributed by atoms with Crippen LogP contribution in [-0.2, 0) is 0 Å². The van der Waals surface area contributed by atoms with Crippen molar-refractivity contribution < 1.29 is 0 Å². The minimum absolute atomic E-state index is 0.0140. The predicted molar refractivity (Wildman–Crippen MR) is 117 cm³/mol. The van der Waals surface area contributed by atoms with Gasteiger partial charge in [-0.15, -0.1) is 0 Å². The summed E-state index contributed by atoms with van der Waals surface area (Å²) in [7, 11) is 0. The molecule has 1 heterocycles. The molecule has 0 spiro atoms. The molecule has 3 atom stereocenters. The molecule has 2 aromatic rings. The smallest absolute Gasteiger partial charge is 0.105 e. The highest BCUT2D eigenvalue weighted by Crippen LogP contribution is 2.47. The first-order valence-corrected chi connectivity index (χ1v) is 11.3. The Hall–Kier alpha value is -2.12. The van der Waals surface area contributed by atoms with Crippen molar-refractivity contribution in [2.45, 2.75) is 76.8 Å². The number of rotatable bonds is 7. The number of fused-ring (bicyclic) bond motifs is 2. The topological polar surface area (TPSA) is 53.6 Å². The second kappa shape index (κ2) is 8.71. The van der Waals surface area contributed by atoms with Crippen LogP contribution in [0.25, 0.3) is 0 Å². The zero-order valence-electron chi connectivity index (χ0n) is 18.0. The molecule has 1 N–H and O–H groups in total. The number of nitriles is 1. The highest BCUT2D eigenvalue weighted by molar-refractivity contribution is 5.24. The normalized spacial score (nSPS) is 27.1. The molecule has 2 aliphatic carbocycles. The quantitative estimate of drug-likeness (QED) is 0.695. The van der Waals surface area contributed by atoms with E-state index in [1.807, 2.05) is 18.2 Å². The van der Waals surface area contributed by atoms with Crippen molar-refractivity contribution >= 4 is 0 Å². The second-order valence-corrected chi connectivity index (χ2v) is 9.34. The lowest BCUT2D eigenvalue weighted by molar-refractivity contribution is 0.191. The van der Waals surface area contributed by atoms with Crippen molar-refractivity contribution in [3.8, 4) is 6.07 Å². The molecule has 4 rings (SSSR count). The van der Waals surface area contributed by atoms with Crippen LogP contribution in [0.3, 0.4) is 0 Å². The third kappa shape index (κ3) is 4.12. The third-order valence-corrected chi connectivity index (χ3v) is 7.21. The van der Waals surface area contributed by atoms with Crippen LogP contribution in [0.15, 0.2) is 36.5 Å². The van der Waals surface area contributed by atoms with E-state index < -0.39 is 0 Å². The summed E-state index contributed by atoms with van der Waals surface area (Å²) in [5.74, 6) is 3.17. The van der Waals surface area contributed by atoms with E-state index in [9.17, 15) is 5.26 Å². The standard InChI is InChI=1S/C25H34N4/c1-17(2)24-16-28-18(3)29(24)23-13-20-9-10-21(14-23)25(20)27-12-11-22(15-26)19-7-5-4-6-8-19/h4-8,16-17,20-23,25,27H,9-14H2,1-3H3. The lowest BCUT2D eigenvalue weighted by atomic mass is 9.80. The van der Waals surface area contributed by atoms with Gasteiger partial charge in [-0.2, -0.15) is 5.26 Å². The SMILES string of the molecule is Cc1ncc(C(C)C)n1C1CC2CCC(C1)C2NCCC(C#N)c1ccccc1. The van der Waals surface area contributed by atoms with E-state index in [1.54, 1.807) is 0 Å². The largest absolute Gasteiger partial charge is 0.329 e. The Bertz CT molecular complexity index is 833. The van der Waals surface area contributed by atoms with E-state index in [2.05, 4.69) is 60.0 Å². The molecule has 3 unspecified atom stereocenters. The van der Waals surface area contributed by atoms with Gasteiger partial charge in [0.05, 0.1) is 12.0 Å². The minimum Gasteiger partial charge on any atom is -0.329 e. The van der Waals surface area contributed by atoms with Gasteiger partial charge in [-0.3, -0.25) is 0 Å². The Morgan fingerprint density at radius 2 is 1.86 bits per heavy atom. The van der Waals surface area contributed by atoms with Gasteiger partial charge in [0, 0.05) is 24.0 Å². The second-order valence-electron chi connectivity index (χ2n) is 9.34. The first-order chi connectivity index (χ1) is 14.1. The van der Waals surface area contributed by atoms with E-state index in [-0.39, 0.29) is 5.92 Å². The fourth-order valence-electron chi connectivity index (χ4n) is 5.80. The summed E-state index contributed by atoms with van der Waals surface area (Å²) in [6.07, 6.45) is 8.15. The number of benzene rings is 1. The molecule has 0 radical (unpaired) electrons. The summed E-state index contributed by atoms with van der Waals surface area (Å²) in [6.45, 7) is 7.63. The molecular weight excluding hydrogens is 356 g/mol. The summed E-state index contributed by atoms with van der Waals surface area (Å²) in [4.78, 5) is 4.63. The molecule has 1 aromatic heterocycles. The molecule has 0 amide bonds. The number of aryl methyl sites for hydroxylation is 1. The average Bonchev–Trinajstić information content (AvgIpc) is 3.22. The lowest BCUT2D eigenvalue weighted by Gasteiger charge is -2.38. The van der Waals surface area contributed by atoms with Crippen molar-refractivity contribution in [3.63, 3.8) is 0 Å². The zero-order valence-corrected chi connectivity index (χ0v) is 18.0. The molecule has 29 heavy (non-hydrogen) atoms. The van der Waals surface area contributed by atoms with Gasteiger partial charge in [0.1, 0.15) is 5.82 Å². The van der Waals surface area contributed by atoms with Crippen molar-refractivity contribution in [1.29, 1.82) is 5.26 Å². The van der Waals surface area contributed by atoms with Gasteiger partial charge in [0.15, 0.2) is 0 Å². The van der Waals surface area contributed by atoms with Gasteiger partial charge < -0.3 is 9.88 Å². The summed E-state index contributed by atoms with van der Waals surface area (Å²) < 4.78 is 2.54. The summed E-state index contributed by atoms with van der Waals surface area (Å²) in [6, 6.07) is 13.9. The fraction of sp³-hybridized carbons (Fsp3) is 0.600. The molecule has 2 aliphatic rings. The van der Waals surface area contributed by atoms with Gasteiger partial charge in [0.25, 0.3) is 0 Å². The van der Waals surface area contributed by atoms with Crippen LogP contribution in [0.1, 0.15) is 80.9 Å². The Labute approximate surface area is 175 Å². The lowest BCUT2D eigenvalue weighted by Crippen LogP contribution is -2.43. The summed E-state index contributed by atoms with van der Waals surface area (Å²) in [5, 5.41) is 13.4. The maximum atomic E-state index is 9.58. The van der Waals surface area contributed by atoms with Crippen molar-refractivity contribution in [2.24, 2.45) is 11.8 Å². The van der Waals surface area contributed by atoms with Crippen LogP contribution >= 0.6 is 0 Å². The first kappa shape index (κ1) is 20.2. The van der Waals surface area contributed by atoms with Crippen LogP contribution in [0.4, 0.5) is 0 Å². The van der Waals surface area contributed by atoms with Crippen molar-refractivity contribution in [3.05, 3.63) is 53.6 Å². The molecule has 4 nitrogen and oxygen atoms in total. The number of hydrogen-bond acceptors (Lipinski definition) is 3. The predicted octanol–water partition coefficient (Wildman–Crippen LogP) is 5.33. The van der Waals surface area contributed by atoms with Crippen LogP contribution in [0, 0.1) is 30.1 Å². The maximum Gasteiger partial charge on any atom is 0.105 e. The van der Waals surface area contributed by atoms with Gasteiger partial charge in [0.2, 0.25) is 0 Å². The maximum absolute atomic E-state index is 9.58. The number of nitrogens with one attached hydrogen (secondary N) is 1. The highest BCUT2D eigenvalue weighted by Gasteiger charge is 2.43. The molecule has 154 valence electrons. The monoisotopic (exact) mass is 390 g/mol.